The molecule has 2 rings (SSSR count). The van der Waals surface area contributed by atoms with E-state index in [9.17, 15) is 4.79 Å². The number of anilines is 2. The summed E-state index contributed by atoms with van der Waals surface area (Å²) in [6.07, 6.45) is 1.44. The van der Waals surface area contributed by atoms with Gasteiger partial charge in [0.25, 0.3) is 0 Å². The van der Waals surface area contributed by atoms with Gasteiger partial charge in [-0.3, -0.25) is 0 Å². The molecule has 106 valence electrons. The molecule has 2 heterocycles. The van der Waals surface area contributed by atoms with Gasteiger partial charge in [-0.25, -0.2) is 14.8 Å². The molecule has 2 aromatic rings. The third kappa shape index (κ3) is 3.05. The van der Waals surface area contributed by atoms with Gasteiger partial charge in [0.1, 0.15) is 10.8 Å². The molecular formula is C13H16N4O2S. The monoisotopic (exact) mass is 292 g/mol. The molecule has 1 unspecified atom stereocenters. The average molecular weight is 292 g/mol. The molecule has 0 saturated heterocycles. The molecule has 0 bridgehead atoms. The fourth-order valence-electron chi connectivity index (χ4n) is 1.69. The van der Waals surface area contributed by atoms with Crippen LogP contribution >= 0.6 is 11.3 Å². The highest BCUT2D eigenvalue weighted by molar-refractivity contribution is 7.09. The number of nitrogens with one attached hydrogen (secondary N) is 1. The van der Waals surface area contributed by atoms with Crippen LogP contribution in [-0.4, -0.2) is 23.0 Å². The topological polar surface area (TPSA) is 90.1 Å². The van der Waals surface area contributed by atoms with Crippen molar-refractivity contribution in [1.29, 1.82) is 0 Å². The Morgan fingerprint density at radius 3 is 2.90 bits per heavy atom. The van der Waals surface area contributed by atoms with Crippen LogP contribution in [0.15, 0.2) is 17.6 Å². The summed E-state index contributed by atoms with van der Waals surface area (Å²) in [5.74, 6) is 0.0747. The molecule has 6 nitrogen and oxygen atoms in total. The largest absolute Gasteiger partial charge is 0.465 e. The second-order valence-electron chi connectivity index (χ2n) is 4.34. The number of carbonyl (C=O) groups excluding carboxylic acids is 1. The molecule has 3 N–H and O–H groups in total. The highest BCUT2D eigenvalue weighted by Crippen LogP contribution is 2.23. The zero-order chi connectivity index (χ0) is 14.7. The predicted octanol–water partition coefficient (Wildman–Crippen LogP) is 2.39. The number of rotatable bonds is 4. The van der Waals surface area contributed by atoms with E-state index in [0.29, 0.717) is 17.1 Å². The first-order valence-corrected chi connectivity index (χ1v) is 6.91. The molecule has 1 atom stereocenters. The lowest BCUT2D eigenvalue weighted by Crippen LogP contribution is -2.11. The number of hydrogen-bond donors (Lipinski definition) is 2. The maximum atomic E-state index is 11.6. The first-order valence-electron chi connectivity index (χ1n) is 6.03. The zero-order valence-electron chi connectivity index (χ0n) is 11.5. The minimum Gasteiger partial charge on any atom is -0.465 e. The molecule has 0 fully saturated rings. The number of aromatic nitrogens is 2. The molecule has 0 radical (unpaired) electrons. The van der Waals surface area contributed by atoms with Gasteiger partial charge in [-0.05, 0) is 19.9 Å². The quantitative estimate of drug-likeness (QED) is 0.841. The average Bonchev–Trinajstić information content (AvgIpc) is 2.87. The standard InChI is InChI=1S/C13H16N4O2S/c1-7-6-20-12(16-7)8(2)17-11-4-9(13(18)19-3)10(14)5-15-11/h4-6,8H,14H2,1-3H3,(H,15,17). The van der Waals surface area contributed by atoms with Crippen LogP contribution < -0.4 is 11.1 Å². The van der Waals surface area contributed by atoms with E-state index in [0.717, 1.165) is 10.7 Å². The Kier molecular flexibility index (Phi) is 4.19. The number of methoxy groups -OCH3 is 1. The lowest BCUT2D eigenvalue weighted by molar-refractivity contribution is 0.0602. The van der Waals surface area contributed by atoms with Gasteiger partial charge in [0.15, 0.2) is 0 Å². The number of carbonyl (C=O) groups is 1. The van der Waals surface area contributed by atoms with E-state index in [-0.39, 0.29) is 6.04 Å². The Morgan fingerprint density at radius 2 is 2.30 bits per heavy atom. The van der Waals surface area contributed by atoms with Crippen LogP contribution in [0, 0.1) is 6.92 Å². The Hall–Kier alpha value is -2.15. The molecule has 2 aromatic heterocycles. The van der Waals surface area contributed by atoms with Crippen LogP contribution in [0.2, 0.25) is 0 Å². The number of hydrogen-bond acceptors (Lipinski definition) is 7. The van der Waals surface area contributed by atoms with Gasteiger partial charge in [-0.15, -0.1) is 11.3 Å². The Morgan fingerprint density at radius 1 is 1.55 bits per heavy atom. The second kappa shape index (κ2) is 5.87. The number of pyridine rings is 1. The number of nitrogen functional groups attached to an aromatic ring is 1. The van der Waals surface area contributed by atoms with Crippen molar-refractivity contribution in [3.8, 4) is 0 Å². The third-order valence-corrected chi connectivity index (χ3v) is 3.86. The Labute approximate surface area is 121 Å². The van der Waals surface area contributed by atoms with E-state index < -0.39 is 5.97 Å². The number of nitrogens with zero attached hydrogens (tertiary/aromatic N) is 2. The van der Waals surface area contributed by atoms with Crippen LogP contribution in [-0.2, 0) is 4.74 Å². The summed E-state index contributed by atoms with van der Waals surface area (Å²) in [5.41, 5.74) is 7.29. The molecular weight excluding hydrogens is 276 g/mol. The molecule has 0 aliphatic rings. The Balaban J connectivity index is 2.19. The van der Waals surface area contributed by atoms with Crippen LogP contribution in [0.5, 0.6) is 0 Å². The number of nitrogens with two attached hydrogens (primary N) is 1. The van der Waals surface area contributed by atoms with Gasteiger partial charge >= 0.3 is 5.97 Å². The van der Waals surface area contributed by atoms with Crippen LogP contribution in [0.4, 0.5) is 11.5 Å². The van der Waals surface area contributed by atoms with Crippen molar-refractivity contribution in [2.45, 2.75) is 19.9 Å². The van der Waals surface area contributed by atoms with Gasteiger partial charge in [-0.2, -0.15) is 0 Å². The fraction of sp³-hybridized carbons (Fsp3) is 0.308. The van der Waals surface area contributed by atoms with Crippen molar-refractivity contribution < 1.29 is 9.53 Å². The van der Waals surface area contributed by atoms with E-state index in [4.69, 9.17) is 5.73 Å². The maximum Gasteiger partial charge on any atom is 0.340 e. The molecule has 0 spiro atoms. The van der Waals surface area contributed by atoms with Crippen molar-refractivity contribution in [1.82, 2.24) is 9.97 Å². The minimum absolute atomic E-state index is 0.00433. The summed E-state index contributed by atoms with van der Waals surface area (Å²) >= 11 is 1.58. The van der Waals surface area contributed by atoms with Gasteiger partial charge in [0.05, 0.1) is 30.6 Å². The molecule has 0 aromatic carbocycles. The molecule has 0 aliphatic heterocycles. The summed E-state index contributed by atoms with van der Waals surface area (Å²) in [7, 11) is 1.32. The summed E-state index contributed by atoms with van der Waals surface area (Å²) in [6.45, 7) is 3.93. The summed E-state index contributed by atoms with van der Waals surface area (Å²) in [5, 5.41) is 6.14. The number of ether oxygens (including phenoxy) is 1. The van der Waals surface area contributed by atoms with E-state index in [2.05, 4.69) is 20.0 Å². The van der Waals surface area contributed by atoms with Crippen molar-refractivity contribution >= 4 is 28.8 Å². The van der Waals surface area contributed by atoms with Gasteiger partial charge in [-0.1, -0.05) is 0 Å². The summed E-state index contributed by atoms with van der Waals surface area (Å²) in [6, 6.07) is 1.58. The van der Waals surface area contributed by atoms with Crippen LogP contribution in [0.25, 0.3) is 0 Å². The lowest BCUT2D eigenvalue weighted by Gasteiger charge is -2.13. The fourth-order valence-corrected chi connectivity index (χ4v) is 2.49. The normalized spacial score (nSPS) is 11.9. The van der Waals surface area contributed by atoms with Gasteiger partial charge in [0, 0.05) is 11.1 Å². The van der Waals surface area contributed by atoms with E-state index >= 15 is 0 Å². The highest BCUT2D eigenvalue weighted by Gasteiger charge is 2.14. The van der Waals surface area contributed by atoms with E-state index in [1.165, 1.54) is 13.3 Å². The van der Waals surface area contributed by atoms with Crippen LogP contribution in [0.1, 0.15) is 34.0 Å². The van der Waals surface area contributed by atoms with Crippen molar-refractivity contribution in [3.05, 3.63) is 33.9 Å². The lowest BCUT2D eigenvalue weighted by atomic mass is 10.2. The summed E-state index contributed by atoms with van der Waals surface area (Å²) < 4.78 is 4.68. The number of aryl methyl sites for hydroxylation is 1. The van der Waals surface area contributed by atoms with Crippen LogP contribution in [0.3, 0.4) is 0 Å². The molecule has 0 aliphatic carbocycles. The predicted molar refractivity (Wildman–Crippen MR) is 78.9 cm³/mol. The minimum atomic E-state index is -0.481. The molecule has 7 heteroatoms. The molecule has 0 amide bonds. The second-order valence-corrected chi connectivity index (χ2v) is 5.23. The number of esters is 1. The molecule has 20 heavy (non-hydrogen) atoms. The van der Waals surface area contributed by atoms with Crippen molar-refractivity contribution in [2.75, 3.05) is 18.2 Å². The maximum absolute atomic E-state index is 11.6. The smallest absolute Gasteiger partial charge is 0.340 e. The third-order valence-electron chi connectivity index (χ3n) is 2.71. The van der Waals surface area contributed by atoms with Crippen molar-refractivity contribution in [3.63, 3.8) is 0 Å². The van der Waals surface area contributed by atoms with Gasteiger partial charge in [0.2, 0.25) is 0 Å². The SMILES string of the molecule is COC(=O)c1cc(NC(C)c2nc(C)cs2)ncc1N. The summed E-state index contributed by atoms with van der Waals surface area (Å²) in [4.78, 5) is 20.1. The zero-order valence-corrected chi connectivity index (χ0v) is 12.3. The Bertz CT molecular complexity index is 627. The van der Waals surface area contributed by atoms with Gasteiger partial charge < -0.3 is 15.8 Å². The first kappa shape index (κ1) is 14.3. The molecule has 0 saturated carbocycles. The van der Waals surface area contributed by atoms with Crippen molar-refractivity contribution in [2.24, 2.45) is 0 Å². The van der Waals surface area contributed by atoms with E-state index in [1.54, 1.807) is 17.4 Å². The first-order chi connectivity index (χ1) is 9.51. The number of thiazole rings is 1. The highest BCUT2D eigenvalue weighted by atomic mass is 32.1. The van der Waals surface area contributed by atoms with E-state index in [1.807, 2.05) is 19.2 Å².